The van der Waals surface area contributed by atoms with Crippen molar-refractivity contribution in [2.75, 3.05) is 0 Å². The summed E-state index contributed by atoms with van der Waals surface area (Å²) in [6, 6.07) is 7.65. The molecule has 2 rings (SSSR count). The summed E-state index contributed by atoms with van der Waals surface area (Å²) in [5.41, 5.74) is 0.735. The number of hydrogen-bond donors (Lipinski definition) is 0. The van der Waals surface area contributed by atoms with E-state index in [1.54, 1.807) is 11.3 Å². The standard InChI is InChI=1S/C14H16F2S/c1-9(2)13(14(3,15)16)11-4-5-12-10(8-11)6-7-17-12/h4-9,13H,1-3H3. The molecule has 1 heterocycles. The third-order valence-electron chi connectivity index (χ3n) is 3.05. The van der Waals surface area contributed by atoms with Crippen molar-refractivity contribution in [2.24, 2.45) is 5.92 Å². The van der Waals surface area contributed by atoms with Crippen molar-refractivity contribution >= 4 is 21.4 Å². The summed E-state index contributed by atoms with van der Waals surface area (Å²) in [5.74, 6) is -3.48. The van der Waals surface area contributed by atoms with E-state index in [0.29, 0.717) is 0 Å². The molecule has 0 bridgehead atoms. The fourth-order valence-electron chi connectivity index (χ4n) is 2.44. The topological polar surface area (TPSA) is 0 Å². The van der Waals surface area contributed by atoms with E-state index in [-0.39, 0.29) is 5.92 Å². The largest absolute Gasteiger partial charge is 0.252 e. The van der Waals surface area contributed by atoms with Crippen molar-refractivity contribution in [1.82, 2.24) is 0 Å². The van der Waals surface area contributed by atoms with E-state index in [1.807, 2.05) is 43.5 Å². The van der Waals surface area contributed by atoms with Crippen LogP contribution in [0.5, 0.6) is 0 Å². The highest BCUT2D eigenvalue weighted by Gasteiger charge is 2.37. The number of fused-ring (bicyclic) bond motifs is 1. The quantitative estimate of drug-likeness (QED) is 0.697. The van der Waals surface area contributed by atoms with Crippen molar-refractivity contribution < 1.29 is 8.78 Å². The van der Waals surface area contributed by atoms with Gasteiger partial charge in [-0.2, -0.15) is 0 Å². The molecule has 0 amide bonds. The molecule has 1 aromatic carbocycles. The monoisotopic (exact) mass is 254 g/mol. The minimum Gasteiger partial charge on any atom is -0.207 e. The molecule has 1 unspecified atom stereocenters. The lowest BCUT2D eigenvalue weighted by Crippen LogP contribution is -2.26. The molecule has 0 radical (unpaired) electrons. The molecule has 0 nitrogen and oxygen atoms in total. The van der Waals surface area contributed by atoms with Crippen LogP contribution in [0.3, 0.4) is 0 Å². The SMILES string of the molecule is CC(C)C(c1ccc2sccc2c1)C(C)(F)F. The number of alkyl halides is 2. The molecule has 17 heavy (non-hydrogen) atoms. The second-order valence-corrected chi connectivity index (χ2v) is 5.84. The van der Waals surface area contributed by atoms with E-state index in [2.05, 4.69) is 0 Å². The van der Waals surface area contributed by atoms with Crippen molar-refractivity contribution in [3.63, 3.8) is 0 Å². The lowest BCUT2D eigenvalue weighted by molar-refractivity contribution is -0.0227. The molecular weight excluding hydrogens is 238 g/mol. The summed E-state index contributed by atoms with van der Waals surface area (Å²) in [5, 5.41) is 3.05. The molecule has 0 N–H and O–H groups in total. The maximum atomic E-state index is 13.7. The van der Waals surface area contributed by atoms with Gasteiger partial charge >= 0.3 is 0 Å². The van der Waals surface area contributed by atoms with Gasteiger partial charge in [0.1, 0.15) is 0 Å². The molecule has 0 aliphatic carbocycles. The van der Waals surface area contributed by atoms with Gasteiger partial charge in [0.25, 0.3) is 5.92 Å². The summed E-state index contributed by atoms with van der Waals surface area (Å²) in [4.78, 5) is 0. The molecular formula is C14H16F2S. The van der Waals surface area contributed by atoms with E-state index in [9.17, 15) is 8.78 Å². The Hall–Kier alpha value is -0.960. The van der Waals surface area contributed by atoms with Crippen molar-refractivity contribution in [1.29, 1.82) is 0 Å². The number of hydrogen-bond acceptors (Lipinski definition) is 1. The normalized spacial score (nSPS) is 14.5. The Labute approximate surface area is 104 Å². The van der Waals surface area contributed by atoms with Gasteiger partial charge in [-0.3, -0.25) is 0 Å². The minimum absolute atomic E-state index is 0.0777. The summed E-state index contributed by atoms with van der Waals surface area (Å²) in [6.45, 7) is 4.70. The highest BCUT2D eigenvalue weighted by atomic mass is 32.1. The van der Waals surface area contributed by atoms with Crippen LogP contribution in [-0.4, -0.2) is 5.92 Å². The highest BCUT2D eigenvalue weighted by molar-refractivity contribution is 7.17. The van der Waals surface area contributed by atoms with Gasteiger partial charge < -0.3 is 0 Å². The van der Waals surface area contributed by atoms with Crippen LogP contribution in [0.4, 0.5) is 8.78 Å². The van der Waals surface area contributed by atoms with Gasteiger partial charge in [0.15, 0.2) is 0 Å². The maximum absolute atomic E-state index is 13.7. The summed E-state index contributed by atoms with van der Waals surface area (Å²) in [6.07, 6.45) is 0. The zero-order valence-corrected chi connectivity index (χ0v) is 11.0. The van der Waals surface area contributed by atoms with Crippen LogP contribution in [0.25, 0.3) is 10.1 Å². The van der Waals surface area contributed by atoms with Gasteiger partial charge in [-0.25, -0.2) is 8.78 Å². The summed E-state index contributed by atoms with van der Waals surface area (Å²) < 4.78 is 28.5. The van der Waals surface area contributed by atoms with Crippen LogP contribution >= 0.6 is 11.3 Å². The first-order valence-corrected chi connectivity index (χ1v) is 6.62. The second-order valence-electron chi connectivity index (χ2n) is 4.90. The Morgan fingerprint density at radius 2 is 1.88 bits per heavy atom. The molecule has 0 saturated carbocycles. The smallest absolute Gasteiger partial charge is 0.207 e. The van der Waals surface area contributed by atoms with Crippen LogP contribution in [0.2, 0.25) is 0 Å². The second kappa shape index (κ2) is 4.37. The van der Waals surface area contributed by atoms with E-state index in [4.69, 9.17) is 0 Å². The molecule has 1 aromatic heterocycles. The first kappa shape index (κ1) is 12.5. The summed E-state index contributed by atoms with van der Waals surface area (Å²) >= 11 is 1.64. The molecule has 92 valence electrons. The van der Waals surface area contributed by atoms with E-state index in [1.165, 1.54) is 0 Å². The first-order valence-electron chi connectivity index (χ1n) is 5.74. The van der Waals surface area contributed by atoms with Crippen molar-refractivity contribution in [3.05, 3.63) is 35.2 Å². The van der Waals surface area contributed by atoms with Crippen LogP contribution in [-0.2, 0) is 0 Å². The number of thiophene rings is 1. The first-order chi connectivity index (χ1) is 7.89. The van der Waals surface area contributed by atoms with E-state index in [0.717, 1.165) is 22.6 Å². The predicted molar refractivity (Wildman–Crippen MR) is 70.0 cm³/mol. The van der Waals surface area contributed by atoms with Gasteiger partial charge in [-0.1, -0.05) is 19.9 Å². The Balaban J connectivity index is 2.48. The average molecular weight is 254 g/mol. The van der Waals surface area contributed by atoms with Crippen LogP contribution in [0.15, 0.2) is 29.6 Å². The number of halogens is 2. The molecule has 0 saturated heterocycles. The van der Waals surface area contributed by atoms with Crippen molar-refractivity contribution in [3.8, 4) is 0 Å². The van der Waals surface area contributed by atoms with Crippen LogP contribution in [0, 0.1) is 5.92 Å². The molecule has 3 heteroatoms. The minimum atomic E-state index is -2.68. The molecule has 2 aromatic rings. The third kappa shape index (κ3) is 2.49. The third-order valence-corrected chi connectivity index (χ3v) is 3.95. The maximum Gasteiger partial charge on any atom is 0.252 e. The van der Waals surface area contributed by atoms with Gasteiger partial charge in [-0.15, -0.1) is 11.3 Å². The van der Waals surface area contributed by atoms with Gasteiger partial charge in [0, 0.05) is 10.6 Å². The predicted octanol–water partition coefficient (Wildman–Crippen LogP) is 5.30. The Morgan fingerprint density at radius 1 is 1.18 bits per heavy atom. The molecule has 0 aliphatic heterocycles. The Bertz CT molecular complexity index is 508. The van der Waals surface area contributed by atoms with Gasteiger partial charge in [-0.05, 0) is 47.4 Å². The molecule has 1 atom stereocenters. The number of rotatable bonds is 3. The van der Waals surface area contributed by atoms with Crippen molar-refractivity contribution in [2.45, 2.75) is 32.6 Å². The van der Waals surface area contributed by atoms with E-state index >= 15 is 0 Å². The van der Waals surface area contributed by atoms with Crippen LogP contribution in [0.1, 0.15) is 32.3 Å². The number of benzene rings is 1. The van der Waals surface area contributed by atoms with Crippen LogP contribution < -0.4 is 0 Å². The average Bonchev–Trinajstić information content (AvgIpc) is 2.61. The fraction of sp³-hybridized carbons (Fsp3) is 0.429. The summed E-state index contributed by atoms with van der Waals surface area (Å²) in [7, 11) is 0. The lowest BCUT2D eigenvalue weighted by atomic mass is 9.83. The highest BCUT2D eigenvalue weighted by Crippen LogP contribution is 2.40. The zero-order chi connectivity index (χ0) is 12.6. The lowest BCUT2D eigenvalue weighted by Gasteiger charge is -2.27. The Morgan fingerprint density at radius 3 is 2.47 bits per heavy atom. The zero-order valence-electron chi connectivity index (χ0n) is 10.2. The molecule has 0 fully saturated rings. The molecule has 0 spiro atoms. The van der Waals surface area contributed by atoms with E-state index < -0.39 is 11.8 Å². The van der Waals surface area contributed by atoms with Gasteiger partial charge in [0.2, 0.25) is 0 Å². The van der Waals surface area contributed by atoms with Gasteiger partial charge in [0.05, 0.1) is 0 Å². The molecule has 0 aliphatic rings. The Kier molecular flexibility index (Phi) is 3.21. The fourth-order valence-corrected chi connectivity index (χ4v) is 3.21.